The van der Waals surface area contributed by atoms with Crippen LogP contribution in [0.1, 0.15) is 15.9 Å². The van der Waals surface area contributed by atoms with Gasteiger partial charge in [0, 0.05) is 0 Å². The van der Waals surface area contributed by atoms with E-state index in [2.05, 4.69) is 5.10 Å². The number of nitrogens with zero attached hydrogens (tertiary/aromatic N) is 2. The second-order valence-corrected chi connectivity index (χ2v) is 6.46. The van der Waals surface area contributed by atoms with Crippen LogP contribution < -0.4 is 14.5 Å². The molecule has 0 radical (unpaired) electrons. The molecule has 2 aromatic rings. The minimum absolute atomic E-state index is 0.00940. The number of methoxy groups -OCH3 is 1. The summed E-state index contributed by atoms with van der Waals surface area (Å²) in [5.41, 5.74) is -2.25. The molecule has 2 N–H and O–H groups in total. The molecule has 0 aliphatic carbocycles. The summed E-state index contributed by atoms with van der Waals surface area (Å²) in [5.74, 6) is -1.92. The van der Waals surface area contributed by atoms with Gasteiger partial charge in [0.05, 0.1) is 30.5 Å². The van der Waals surface area contributed by atoms with Gasteiger partial charge < -0.3 is 19.7 Å². The normalized spacial score (nSPS) is 15.2. The molecular weight excluding hydrogens is 433 g/mol. The number of aliphatic hydroxyl groups excluding tert-OH is 1. The van der Waals surface area contributed by atoms with Gasteiger partial charge in [-0.15, -0.1) is 0 Å². The Morgan fingerprint density at radius 1 is 1.19 bits per heavy atom. The number of carbonyl (C=O) groups excluding carboxylic acids is 1. The molecule has 0 aromatic heterocycles. The van der Waals surface area contributed by atoms with E-state index in [1.54, 1.807) is 0 Å². The fraction of sp³-hybridized carbons (Fsp3) is 0.190. The molecule has 1 amide bonds. The molecular formula is C21H17F3N2O6. The Kier molecular flexibility index (Phi) is 6.49. The van der Waals surface area contributed by atoms with Gasteiger partial charge in [-0.1, -0.05) is 12.1 Å². The van der Waals surface area contributed by atoms with Crippen molar-refractivity contribution >= 4 is 29.4 Å². The van der Waals surface area contributed by atoms with Gasteiger partial charge in [0.15, 0.2) is 17.2 Å². The Bertz CT molecular complexity index is 1110. The van der Waals surface area contributed by atoms with Crippen LogP contribution in [-0.4, -0.2) is 54.3 Å². The van der Waals surface area contributed by atoms with Gasteiger partial charge in [0.25, 0.3) is 5.91 Å². The molecule has 1 aliphatic rings. The molecule has 0 unspecified atom stereocenters. The third kappa shape index (κ3) is 4.72. The van der Waals surface area contributed by atoms with Gasteiger partial charge in [0.1, 0.15) is 6.61 Å². The quantitative estimate of drug-likeness (QED) is 0.628. The zero-order chi connectivity index (χ0) is 23.5. The lowest BCUT2D eigenvalue weighted by atomic mass is 10.1. The molecule has 3 rings (SSSR count). The lowest BCUT2D eigenvalue weighted by molar-refractivity contribution is -0.114. The number of ether oxygens (including phenoxy) is 2. The number of hydrazone groups is 1. The summed E-state index contributed by atoms with van der Waals surface area (Å²) in [5, 5.41) is 21.9. The number of aliphatic hydroxyl groups is 1. The Morgan fingerprint density at radius 3 is 2.56 bits per heavy atom. The van der Waals surface area contributed by atoms with E-state index in [0.29, 0.717) is 5.01 Å². The van der Waals surface area contributed by atoms with Crippen LogP contribution in [0.15, 0.2) is 53.1 Å². The number of alkyl halides is 3. The van der Waals surface area contributed by atoms with Crippen LogP contribution >= 0.6 is 0 Å². The second kappa shape index (κ2) is 9.10. The maximum atomic E-state index is 13.6. The number of carbonyl (C=O) groups is 2. The highest BCUT2D eigenvalue weighted by Gasteiger charge is 2.46. The van der Waals surface area contributed by atoms with Crippen LogP contribution in [0, 0.1) is 0 Å². The number of carboxylic acids is 1. The molecule has 11 heteroatoms. The van der Waals surface area contributed by atoms with Crippen molar-refractivity contribution in [1.82, 2.24) is 0 Å². The fourth-order valence-corrected chi connectivity index (χ4v) is 2.92. The van der Waals surface area contributed by atoms with Crippen molar-refractivity contribution in [2.24, 2.45) is 5.10 Å². The van der Waals surface area contributed by atoms with E-state index in [4.69, 9.17) is 19.7 Å². The third-order valence-corrected chi connectivity index (χ3v) is 4.33. The van der Waals surface area contributed by atoms with Crippen LogP contribution in [0.5, 0.6) is 11.5 Å². The fourth-order valence-electron chi connectivity index (χ4n) is 2.92. The topological polar surface area (TPSA) is 109 Å². The second-order valence-electron chi connectivity index (χ2n) is 6.46. The average Bonchev–Trinajstić information content (AvgIpc) is 3.09. The summed E-state index contributed by atoms with van der Waals surface area (Å²) in [6.45, 7) is -0.252. The number of anilines is 1. The van der Waals surface area contributed by atoms with Gasteiger partial charge in [-0.05, 0) is 42.0 Å². The standard InChI is InChI=1S/C21H17F3N2O6/c1-31-17-10-12(5-6-16(17)32-8-7-27)9-15-18(21(22,23)24)25-26(19(15)28)14-4-2-3-13(11-14)20(29)30/h2-6,9-11,27H,7-8H2,1H3,(H,29,30)/b15-9-. The number of hydrogen-bond acceptors (Lipinski definition) is 6. The van der Waals surface area contributed by atoms with Crippen molar-refractivity contribution < 1.29 is 42.4 Å². The molecule has 0 atom stereocenters. The van der Waals surface area contributed by atoms with Crippen molar-refractivity contribution in [3.63, 3.8) is 0 Å². The number of benzene rings is 2. The number of rotatable bonds is 7. The van der Waals surface area contributed by atoms with E-state index in [-0.39, 0.29) is 41.5 Å². The zero-order valence-electron chi connectivity index (χ0n) is 16.6. The van der Waals surface area contributed by atoms with Crippen molar-refractivity contribution in [3.05, 3.63) is 59.2 Å². The van der Waals surface area contributed by atoms with E-state index >= 15 is 0 Å². The zero-order valence-corrected chi connectivity index (χ0v) is 16.6. The predicted octanol–water partition coefficient (Wildman–Crippen LogP) is 3.11. The molecule has 8 nitrogen and oxygen atoms in total. The molecule has 2 aromatic carbocycles. The van der Waals surface area contributed by atoms with Crippen LogP contribution in [-0.2, 0) is 4.79 Å². The summed E-state index contributed by atoms with van der Waals surface area (Å²) in [4.78, 5) is 24.0. The SMILES string of the molecule is COc1cc(/C=C2\C(=O)N(c3cccc(C(=O)O)c3)N=C2C(F)(F)F)ccc1OCCO. The first-order chi connectivity index (χ1) is 15.2. The molecule has 0 bridgehead atoms. The summed E-state index contributed by atoms with van der Waals surface area (Å²) in [6, 6.07) is 9.08. The molecule has 168 valence electrons. The number of carboxylic acid groups (broad SMARTS) is 1. The maximum Gasteiger partial charge on any atom is 0.435 e. The predicted molar refractivity (Wildman–Crippen MR) is 108 cm³/mol. The van der Waals surface area contributed by atoms with Crippen molar-refractivity contribution in [3.8, 4) is 11.5 Å². The Balaban J connectivity index is 2.03. The number of hydrogen-bond donors (Lipinski definition) is 2. The van der Waals surface area contributed by atoms with Gasteiger partial charge >= 0.3 is 12.1 Å². The summed E-state index contributed by atoms with van der Waals surface area (Å²) in [7, 11) is 1.33. The highest BCUT2D eigenvalue weighted by Crippen LogP contribution is 2.34. The molecule has 1 aliphatic heterocycles. The van der Waals surface area contributed by atoms with E-state index in [9.17, 15) is 22.8 Å². The van der Waals surface area contributed by atoms with E-state index in [1.165, 1.54) is 43.5 Å². The Labute approximate surface area is 179 Å². The first-order valence-electron chi connectivity index (χ1n) is 9.13. The molecule has 32 heavy (non-hydrogen) atoms. The van der Waals surface area contributed by atoms with Crippen LogP contribution in [0.25, 0.3) is 6.08 Å². The molecule has 0 saturated carbocycles. The van der Waals surface area contributed by atoms with Gasteiger partial charge in [-0.2, -0.15) is 23.3 Å². The Morgan fingerprint density at radius 2 is 1.94 bits per heavy atom. The van der Waals surface area contributed by atoms with Crippen LogP contribution in [0.4, 0.5) is 18.9 Å². The maximum absolute atomic E-state index is 13.6. The number of amides is 1. The molecule has 0 spiro atoms. The lowest BCUT2D eigenvalue weighted by Crippen LogP contribution is -2.25. The molecule has 0 fully saturated rings. The average molecular weight is 450 g/mol. The summed E-state index contributed by atoms with van der Waals surface area (Å²) < 4.78 is 51.3. The first kappa shape index (κ1) is 22.8. The third-order valence-electron chi connectivity index (χ3n) is 4.33. The minimum atomic E-state index is -4.94. The minimum Gasteiger partial charge on any atom is -0.493 e. The van der Waals surface area contributed by atoms with Crippen LogP contribution in [0.3, 0.4) is 0 Å². The smallest absolute Gasteiger partial charge is 0.435 e. The highest BCUT2D eigenvalue weighted by molar-refractivity contribution is 6.34. The summed E-state index contributed by atoms with van der Waals surface area (Å²) in [6.07, 6.45) is -3.93. The van der Waals surface area contributed by atoms with E-state index in [1.807, 2.05) is 0 Å². The van der Waals surface area contributed by atoms with Crippen molar-refractivity contribution in [1.29, 1.82) is 0 Å². The van der Waals surface area contributed by atoms with E-state index in [0.717, 1.165) is 12.1 Å². The van der Waals surface area contributed by atoms with Crippen molar-refractivity contribution in [2.75, 3.05) is 25.3 Å². The van der Waals surface area contributed by atoms with Crippen molar-refractivity contribution in [2.45, 2.75) is 6.18 Å². The van der Waals surface area contributed by atoms with Gasteiger partial charge in [0.2, 0.25) is 0 Å². The summed E-state index contributed by atoms with van der Waals surface area (Å²) >= 11 is 0. The Hall–Kier alpha value is -3.86. The largest absolute Gasteiger partial charge is 0.493 e. The number of aromatic carboxylic acids is 1. The van der Waals surface area contributed by atoms with Gasteiger partial charge in [-0.25, -0.2) is 4.79 Å². The number of halogens is 3. The molecule has 0 saturated heterocycles. The highest BCUT2D eigenvalue weighted by atomic mass is 19.4. The lowest BCUT2D eigenvalue weighted by Gasteiger charge is -2.12. The van der Waals surface area contributed by atoms with Crippen LogP contribution in [0.2, 0.25) is 0 Å². The molecule has 1 heterocycles. The van der Waals surface area contributed by atoms with E-state index < -0.39 is 29.3 Å². The van der Waals surface area contributed by atoms with Gasteiger partial charge in [-0.3, -0.25) is 4.79 Å². The monoisotopic (exact) mass is 450 g/mol. The first-order valence-corrected chi connectivity index (χ1v) is 9.13.